The first-order chi connectivity index (χ1) is 13.7. The molecule has 2 aromatic carbocycles. The lowest BCUT2D eigenvalue weighted by Crippen LogP contribution is -2.34. The van der Waals surface area contributed by atoms with Gasteiger partial charge in [-0.15, -0.1) is 0 Å². The minimum atomic E-state index is 0.822. The number of nitrogens with zero attached hydrogens (tertiary/aromatic N) is 3. The molecule has 0 bridgehead atoms. The lowest BCUT2D eigenvalue weighted by Gasteiger charge is -2.26. The Bertz CT molecular complexity index is 875. The lowest BCUT2D eigenvalue weighted by molar-refractivity contribution is 0.309. The number of methoxy groups -OCH3 is 2. The van der Waals surface area contributed by atoms with Crippen molar-refractivity contribution in [2.45, 2.75) is 20.4 Å². The third kappa shape index (κ3) is 4.94. The molecule has 0 aliphatic carbocycles. The Morgan fingerprint density at radius 3 is 2.21 bits per heavy atom. The summed E-state index contributed by atoms with van der Waals surface area (Å²) in [5.74, 6) is 1.75. The van der Waals surface area contributed by atoms with Crippen LogP contribution in [0.2, 0.25) is 0 Å². The summed E-state index contributed by atoms with van der Waals surface area (Å²) in [6.07, 6.45) is 0. The Kier molecular flexibility index (Phi) is 7.12. The van der Waals surface area contributed by atoms with Crippen LogP contribution in [0.15, 0.2) is 42.5 Å². The Morgan fingerprint density at radius 1 is 0.893 bits per heavy atom. The van der Waals surface area contributed by atoms with Crippen molar-refractivity contribution in [3.8, 4) is 11.5 Å². The molecular formula is C22H29N3O2S. The van der Waals surface area contributed by atoms with Gasteiger partial charge in [-0.1, -0.05) is 37.3 Å². The SMILES string of the molecule is CCN(CC)CCN(Cc1ccc(OC)cc1)c1nc2ccc(OC)cc2s1. The van der Waals surface area contributed by atoms with Gasteiger partial charge in [-0.05, 0) is 49.0 Å². The van der Waals surface area contributed by atoms with Crippen molar-refractivity contribution in [2.75, 3.05) is 45.3 Å². The molecule has 1 aromatic heterocycles. The average Bonchev–Trinajstić information content (AvgIpc) is 3.17. The summed E-state index contributed by atoms with van der Waals surface area (Å²) in [5.41, 5.74) is 2.26. The number of anilines is 1. The molecule has 0 spiro atoms. The molecule has 0 saturated heterocycles. The highest BCUT2D eigenvalue weighted by molar-refractivity contribution is 7.22. The van der Waals surface area contributed by atoms with Gasteiger partial charge in [0.1, 0.15) is 11.5 Å². The zero-order chi connectivity index (χ0) is 19.9. The lowest BCUT2D eigenvalue weighted by atomic mass is 10.2. The van der Waals surface area contributed by atoms with Crippen LogP contribution in [0, 0.1) is 0 Å². The average molecular weight is 400 g/mol. The second-order valence-electron chi connectivity index (χ2n) is 6.63. The molecule has 150 valence electrons. The number of hydrogen-bond acceptors (Lipinski definition) is 6. The maximum absolute atomic E-state index is 5.36. The summed E-state index contributed by atoms with van der Waals surface area (Å²) in [7, 11) is 3.39. The first kappa shape index (κ1) is 20.4. The number of aromatic nitrogens is 1. The molecule has 1 heterocycles. The fourth-order valence-corrected chi connectivity index (χ4v) is 4.17. The van der Waals surface area contributed by atoms with Gasteiger partial charge in [-0.2, -0.15) is 0 Å². The van der Waals surface area contributed by atoms with Gasteiger partial charge < -0.3 is 19.3 Å². The number of likely N-dealkylation sites (N-methyl/N-ethyl adjacent to an activating group) is 1. The van der Waals surface area contributed by atoms with Crippen LogP contribution in [-0.4, -0.2) is 50.3 Å². The fourth-order valence-electron chi connectivity index (χ4n) is 3.15. The third-order valence-electron chi connectivity index (χ3n) is 4.97. The van der Waals surface area contributed by atoms with Crippen molar-refractivity contribution in [3.05, 3.63) is 48.0 Å². The van der Waals surface area contributed by atoms with Crippen LogP contribution < -0.4 is 14.4 Å². The van der Waals surface area contributed by atoms with E-state index in [2.05, 4.69) is 41.8 Å². The standard InChI is InChI=1S/C22H29N3O2S/c1-5-24(6-2)13-14-25(16-17-7-9-18(26-3)10-8-17)22-23-20-12-11-19(27-4)15-21(20)28-22/h7-12,15H,5-6,13-14,16H2,1-4H3. The molecule has 0 aliphatic heterocycles. The first-order valence-corrected chi connectivity index (χ1v) is 10.5. The molecule has 0 unspecified atom stereocenters. The highest BCUT2D eigenvalue weighted by Gasteiger charge is 2.15. The number of benzene rings is 2. The molecule has 0 aliphatic rings. The molecule has 6 heteroatoms. The minimum absolute atomic E-state index is 0.822. The summed E-state index contributed by atoms with van der Waals surface area (Å²) < 4.78 is 11.8. The third-order valence-corrected chi connectivity index (χ3v) is 6.05. The van der Waals surface area contributed by atoms with Crippen LogP contribution in [-0.2, 0) is 6.54 Å². The maximum Gasteiger partial charge on any atom is 0.186 e. The van der Waals surface area contributed by atoms with Crippen molar-refractivity contribution in [2.24, 2.45) is 0 Å². The maximum atomic E-state index is 5.36. The highest BCUT2D eigenvalue weighted by Crippen LogP contribution is 2.32. The number of hydrogen-bond donors (Lipinski definition) is 0. The van der Waals surface area contributed by atoms with Crippen LogP contribution >= 0.6 is 11.3 Å². The Balaban J connectivity index is 1.85. The molecule has 28 heavy (non-hydrogen) atoms. The van der Waals surface area contributed by atoms with Crippen LogP contribution in [0.4, 0.5) is 5.13 Å². The van der Waals surface area contributed by atoms with E-state index < -0.39 is 0 Å². The molecule has 5 nitrogen and oxygen atoms in total. The predicted octanol–water partition coefficient (Wildman–Crippen LogP) is 4.66. The zero-order valence-corrected chi connectivity index (χ0v) is 18.0. The number of fused-ring (bicyclic) bond motifs is 1. The van der Waals surface area contributed by atoms with E-state index in [1.807, 2.05) is 24.3 Å². The number of rotatable bonds is 10. The topological polar surface area (TPSA) is 37.8 Å². The van der Waals surface area contributed by atoms with E-state index >= 15 is 0 Å². The van der Waals surface area contributed by atoms with Gasteiger partial charge in [0, 0.05) is 19.6 Å². The van der Waals surface area contributed by atoms with Crippen molar-refractivity contribution >= 4 is 26.7 Å². The summed E-state index contributed by atoms with van der Waals surface area (Å²) in [5, 5.41) is 1.05. The summed E-state index contributed by atoms with van der Waals surface area (Å²) in [4.78, 5) is 9.71. The molecule has 0 radical (unpaired) electrons. The Morgan fingerprint density at radius 2 is 1.57 bits per heavy atom. The smallest absolute Gasteiger partial charge is 0.186 e. The van der Waals surface area contributed by atoms with E-state index in [0.717, 1.165) is 59.6 Å². The minimum Gasteiger partial charge on any atom is -0.497 e. The highest BCUT2D eigenvalue weighted by atomic mass is 32.1. The predicted molar refractivity (Wildman–Crippen MR) is 118 cm³/mol. The second-order valence-corrected chi connectivity index (χ2v) is 7.64. The van der Waals surface area contributed by atoms with Crippen LogP contribution in [0.25, 0.3) is 10.2 Å². The molecule has 0 saturated carbocycles. The van der Waals surface area contributed by atoms with E-state index in [0.29, 0.717) is 0 Å². The molecule has 0 N–H and O–H groups in total. The summed E-state index contributed by atoms with van der Waals surface area (Å²) >= 11 is 1.72. The van der Waals surface area contributed by atoms with E-state index in [4.69, 9.17) is 14.5 Å². The van der Waals surface area contributed by atoms with Gasteiger partial charge >= 0.3 is 0 Å². The van der Waals surface area contributed by atoms with E-state index in [1.165, 1.54) is 5.56 Å². The van der Waals surface area contributed by atoms with E-state index in [1.54, 1.807) is 25.6 Å². The van der Waals surface area contributed by atoms with Gasteiger partial charge in [0.25, 0.3) is 0 Å². The number of thiazole rings is 1. The van der Waals surface area contributed by atoms with E-state index in [9.17, 15) is 0 Å². The fraction of sp³-hybridized carbons (Fsp3) is 0.409. The summed E-state index contributed by atoms with van der Waals surface area (Å²) in [6, 6.07) is 14.3. The van der Waals surface area contributed by atoms with Crippen molar-refractivity contribution in [1.82, 2.24) is 9.88 Å². The van der Waals surface area contributed by atoms with Crippen molar-refractivity contribution in [3.63, 3.8) is 0 Å². The van der Waals surface area contributed by atoms with E-state index in [-0.39, 0.29) is 0 Å². The Labute approximate surface area is 171 Å². The van der Waals surface area contributed by atoms with Crippen LogP contribution in [0.3, 0.4) is 0 Å². The van der Waals surface area contributed by atoms with Gasteiger partial charge in [0.05, 0.1) is 24.4 Å². The van der Waals surface area contributed by atoms with Crippen molar-refractivity contribution in [1.29, 1.82) is 0 Å². The normalized spacial score (nSPS) is 11.2. The monoisotopic (exact) mass is 399 g/mol. The van der Waals surface area contributed by atoms with Gasteiger partial charge in [0.15, 0.2) is 5.13 Å². The molecule has 3 rings (SSSR count). The second kappa shape index (κ2) is 9.75. The Hall–Kier alpha value is -2.31. The van der Waals surface area contributed by atoms with Crippen molar-refractivity contribution < 1.29 is 9.47 Å². The summed E-state index contributed by atoms with van der Waals surface area (Å²) in [6.45, 7) is 9.31. The first-order valence-electron chi connectivity index (χ1n) is 9.71. The molecule has 3 aromatic rings. The molecular weight excluding hydrogens is 370 g/mol. The zero-order valence-electron chi connectivity index (χ0n) is 17.1. The number of ether oxygens (including phenoxy) is 2. The van der Waals surface area contributed by atoms with Gasteiger partial charge in [0.2, 0.25) is 0 Å². The molecule has 0 atom stereocenters. The largest absolute Gasteiger partial charge is 0.497 e. The quantitative estimate of drug-likeness (QED) is 0.496. The molecule has 0 amide bonds. The van der Waals surface area contributed by atoms with Gasteiger partial charge in [-0.25, -0.2) is 4.98 Å². The molecule has 0 fully saturated rings. The van der Waals surface area contributed by atoms with Gasteiger partial charge in [-0.3, -0.25) is 0 Å². The van der Waals surface area contributed by atoms with Crippen LogP contribution in [0.5, 0.6) is 11.5 Å². The van der Waals surface area contributed by atoms with Crippen LogP contribution in [0.1, 0.15) is 19.4 Å².